The van der Waals surface area contributed by atoms with Crippen LogP contribution in [-0.2, 0) is 11.2 Å². The summed E-state index contributed by atoms with van der Waals surface area (Å²) in [5.74, 6) is 1.25. The van der Waals surface area contributed by atoms with Crippen molar-refractivity contribution in [3.63, 3.8) is 0 Å². The fourth-order valence-corrected chi connectivity index (χ4v) is 5.01. The van der Waals surface area contributed by atoms with Gasteiger partial charge >= 0.3 is 0 Å². The number of nitrogens with zero attached hydrogens (tertiary/aromatic N) is 1. The normalized spacial score (nSPS) is 26.2. The van der Waals surface area contributed by atoms with Crippen molar-refractivity contribution in [2.24, 2.45) is 11.8 Å². The Morgan fingerprint density at radius 2 is 1.77 bits per heavy atom. The van der Waals surface area contributed by atoms with E-state index in [1.54, 1.807) is 0 Å². The summed E-state index contributed by atoms with van der Waals surface area (Å²) in [6.07, 6.45) is 2.47. The highest BCUT2D eigenvalue weighted by atomic mass is 16.3. The molecule has 2 unspecified atom stereocenters. The van der Waals surface area contributed by atoms with Gasteiger partial charge in [0.05, 0.1) is 12.2 Å². The predicted octanol–water partition coefficient (Wildman–Crippen LogP) is 3.30. The molecule has 1 saturated carbocycles. The number of carbonyl (C=O) groups is 1. The van der Waals surface area contributed by atoms with Crippen molar-refractivity contribution in [1.82, 2.24) is 4.90 Å². The minimum atomic E-state index is -0.498. The number of aliphatic hydroxyl groups is 2. The molecule has 3 aliphatic rings. The van der Waals surface area contributed by atoms with Gasteiger partial charge < -0.3 is 15.5 Å². The highest BCUT2D eigenvalue weighted by Gasteiger charge is 2.40. The zero-order valence-electron chi connectivity index (χ0n) is 17.6. The van der Waals surface area contributed by atoms with Gasteiger partial charge in [0.2, 0.25) is 5.91 Å². The molecule has 2 heterocycles. The zero-order valence-corrected chi connectivity index (χ0v) is 17.6. The number of β-amino-alcohol motifs (C(OH)–C–C–N with tert-alkyl or cyclic N) is 1. The smallest absolute Gasteiger partial charge is 0.224 e. The summed E-state index contributed by atoms with van der Waals surface area (Å²) in [6, 6.07) is 16.1. The molecule has 30 heavy (non-hydrogen) atoms. The van der Waals surface area contributed by atoms with Gasteiger partial charge in [-0.15, -0.1) is 0 Å². The first-order chi connectivity index (χ1) is 14.5. The van der Waals surface area contributed by atoms with Crippen LogP contribution in [0.25, 0.3) is 0 Å². The molecule has 2 aromatic carbocycles. The van der Waals surface area contributed by atoms with Crippen LogP contribution >= 0.6 is 0 Å². The molecule has 3 N–H and O–H groups in total. The molecular weight excluding hydrogens is 376 g/mol. The lowest BCUT2D eigenvalue weighted by Crippen LogP contribution is -2.28. The van der Waals surface area contributed by atoms with E-state index in [9.17, 15) is 15.0 Å². The van der Waals surface area contributed by atoms with Crippen LogP contribution in [0.2, 0.25) is 0 Å². The van der Waals surface area contributed by atoms with Gasteiger partial charge in [-0.05, 0) is 55.2 Å². The number of likely N-dealkylation sites (tertiary alicyclic amines) is 1. The van der Waals surface area contributed by atoms with Crippen LogP contribution in [0.4, 0.5) is 5.69 Å². The van der Waals surface area contributed by atoms with E-state index in [0.717, 1.165) is 49.2 Å². The second-order valence-corrected chi connectivity index (χ2v) is 9.00. The van der Waals surface area contributed by atoms with Crippen LogP contribution in [0.15, 0.2) is 48.5 Å². The number of benzene rings is 2. The maximum atomic E-state index is 11.4. The Hall–Kier alpha value is -2.21. The molecule has 2 aromatic rings. The third-order valence-electron chi connectivity index (χ3n) is 6.58. The van der Waals surface area contributed by atoms with Crippen LogP contribution in [0.3, 0.4) is 0 Å². The lowest BCUT2D eigenvalue weighted by Gasteiger charge is -2.23. The molecule has 1 amide bonds. The summed E-state index contributed by atoms with van der Waals surface area (Å²) < 4.78 is 0. The fraction of sp³-hybridized carbons (Fsp3) is 0.480. The minimum Gasteiger partial charge on any atom is -0.393 e. The van der Waals surface area contributed by atoms with Gasteiger partial charge in [-0.1, -0.05) is 48.0 Å². The molecular formula is C25H32N2O3. The van der Waals surface area contributed by atoms with Gasteiger partial charge in [-0.25, -0.2) is 0 Å². The van der Waals surface area contributed by atoms with Crippen molar-refractivity contribution < 1.29 is 15.0 Å². The summed E-state index contributed by atoms with van der Waals surface area (Å²) in [4.78, 5) is 13.7. The number of nitrogens with one attached hydrogen (secondary N) is 1. The molecule has 0 radical (unpaired) electrons. The standard InChI is InChI=1S/C18H24N2O3.C7H8/c21-15-6-13-8-20(9-14(13)7-15)10-17(22)12-1-3-16-11(5-12)2-4-18(23)19-16;1-7-5-3-2-4-6-7/h1,3,5,13-15,17,21-22H,2,4,6-10H2,(H,19,23);2-6H,1H3/t13-,14+,15?,17?;. The molecule has 1 saturated heterocycles. The van der Waals surface area contributed by atoms with E-state index in [4.69, 9.17) is 0 Å². The molecule has 0 aromatic heterocycles. The van der Waals surface area contributed by atoms with E-state index in [2.05, 4.69) is 29.3 Å². The van der Waals surface area contributed by atoms with Crippen molar-refractivity contribution in [3.05, 3.63) is 65.2 Å². The third kappa shape index (κ3) is 5.09. The summed E-state index contributed by atoms with van der Waals surface area (Å²) >= 11 is 0. The quantitative estimate of drug-likeness (QED) is 0.729. The Morgan fingerprint density at radius 1 is 1.07 bits per heavy atom. The number of fused-ring (bicyclic) bond motifs is 2. The van der Waals surface area contributed by atoms with Gasteiger partial charge in [0, 0.05) is 31.7 Å². The Labute approximate surface area is 178 Å². The first-order valence-electron chi connectivity index (χ1n) is 11.0. The maximum absolute atomic E-state index is 11.4. The monoisotopic (exact) mass is 408 g/mol. The Balaban J connectivity index is 0.000000265. The number of aliphatic hydroxyl groups excluding tert-OH is 2. The summed E-state index contributed by atoms with van der Waals surface area (Å²) in [6.45, 7) is 4.70. The number of carbonyl (C=O) groups excluding carboxylic acids is 1. The minimum absolute atomic E-state index is 0.0663. The number of rotatable bonds is 3. The average molecular weight is 409 g/mol. The van der Waals surface area contributed by atoms with Crippen LogP contribution < -0.4 is 5.32 Å². The Kier molecular flexibility index (Phi) is 6.52. The number of anilines is 1. The predicted molar refractivity (Wildman–Crippen MR) is 118 cm³/mol. The highest BCUT2D eigenvalue weighted by molar-refractivity contribution is 5.93. The third-order valence-corrected chi connectivity index (χ3v) is 6.58. The maximum Gasteiger partial charge on any atom is 0.224 e. The van der Waals surface area contributed by atoms with Crippen molar-refractivity contribution in [2.45, 2.75) is 44.8 Å². The summed E-state index contributed by atoms with van der Waals surface area (Å²) in [5.41, 5.74) is 4.24. The van der Waals surface area contributed by atoms with E-state index < -0.39 is 6.10 Å². The number of amides is 1. The first-order valence-corrected chi connectivity index (χ1v) is 11.0. The van der Waals surface area contributed by atoms with Crippen molar-refractivity contribution in [3.8, 4) is 0 Å². The van der Waals surface area contributed by atoms with Gasteiger partial charge in [-0.3, -0.25) is 9.69 Å². The molecule has 2 fully saturated rings. The second kappa shape index (κ2) is 9.29. The average Bonchev–Trinajstić information content (AvgIpc) is 3.25. The van der Waals surface area contributed by atoms with Crippen molar-refractivity contribution in [1.29, 1.82) is 0 Å². The zero-order chi connectivity index (χ0) is 21.1. The molecule has 160 valence electrons. The molecule has 1 aliphatic carbocycles. The van der Waals surface area contributed by atoms with Gasteiger partial charge in [0.25, 0.3) is 0 Å². The molecule has 0 spiro atoms. The van der Waals surface area contributed by atoms with Crippen LogP contribution in [0, 0.1) is 18.8 Å². The SMILES string of the molecule is Cc1ccccc1.O=C1CCc2cc(C(O)CN3C[C@H]4CC(O)C[C@H]4C3)ccc2N1. The van der Waals surface area contributed by atoms with E-state index in [1.165, 1.54) is 5.56 Å². The van der Waals surface area contributed by atoms with E-state index in [-0.39, 0.29) is 12.0 Å². The molecule has 5 nitrogen and oxygen atoms in total. The first kappa shape index (κ1) is 21.0. The fourth-order valence-electron chi connectivity index (χ4n) is 5.01. The summed E-state index contributed by atoms with van der Waals surface area (Å²) in [7, 11) is 0. The number of hydrogen-bond acceptors (Lipinski definition) is 4. The second-order valence-electron chi connectivity index (χ2n) is 9.00. The molecule has 0 bridgehead atoms. The lowest BCUT2D eigenvalue weighted by molar-refractivity contribution is -0.116. The molecule has 2 aliphatic heterocycles. The molecule has 5 heteroatoms. The van der Waals surface area contributed by atoms with Crippen LogP contribution in [-0.4, -0.2) is 46.8 Å². The summed E-state index contributed by atoms with van der Waals surface area (Å²) in [5, 5.41) is 23.2. The van der Waals surface area contributed by atoms with Crippen molar-refractivity contribution >= 4 is 11.6 Å². The number of aryl methyl sites for hydroxylation is 2. The van der Waals surface area contributed by atoms with Crippen LogP contribution in [0.1, 0.15) is 42.1 Å². The largest absolute Gasteiger partial charge is 0.393 e. The number of hydrogen-bond donors (Lipinski definition) is 3. The Bertz CT molecular complexity index is 856. The lowest BCUT2D eigenvalue weighted by atomic mass is 9.98. The van der Waals surface area contributed by atoms with E-state index in [0.29, 0.717) is 24.8 Å². The van der Waals surface area contributed by atoms with E-state index >= 15 is 0 Å². The highest BCUT2D eigenvalue weighted by Crippen LogP contribution is 2.38. The van der Waals surface area contributed by atoms with E-state index in [1.807, 2.05) is 36.4 Å². The van der Waals surface area contributed by atoms with Crippen molar-refractivity contribution in [2.75, 3.05) is 25.0 Å². The van der Waals surface area contributed by atoms with Gasteiger partial charge in [-0.2, -0.15) is 0 Å². The van der Waals surface area contributed by atoms with Crippen LogP contribution in [0.5, 0.6) is 0 Å². The van der Waals surface area contributed by atoms with Gasteiger partial charge in [0.15, 0.2) is 0 Å². The topological polar surface area (TPSA) is 72.8 Å². The Morgan fingerprint density at radius 3 is 2.40 bits per heavy atom. The molecule has 5 rings (SSSR count). The molecule has 4 atom stereocenters. The van der Waals surface area contributed by atoms with Gasteiger partial charge in [0.1, 0.15) is 0 Å².